The maximum atomic E-state index is 12.2. The number of fused-ring (bicyclic) bond motifs is 1. The van der Waals surface area contributed by atoms with Gasteiger partial charge in [0.25, 0.3) is 0 Å². The first kappa shape index (κ1) is 10.5. The van der Waals surface area contributed by atoms with Gasteiger partial charge in [-0.3, -0.25) is 4.79 Å². The number of hydrogen-bond donors (Lipinski definition) is 0. The Labute approximate surface area is 110 Å². The van der Waals surface area contributed by atoms with Gasteiger partial charge in [0.15, 0.2) is 5.78 Å². The molecule has 2 aliphatic rings. The second kappa shape index (κ2) is 3.67. The van der Waals surface area contributed by atoms with Crippen LogP contribution in [-0.2, 0) is 0 Å². The third-order valence-corrected chi connectivity index (χ3v) is 7.07. The van der Waals surface area contributed by atoms with Gasteiger partial charge < -0.3 is 0 Å². The first-order valence-electron chi connectivity index (χ1n) is 5.13. The SMILES string of the molecule is O=C(c1scc(Br)c1Br)C1CC2CC2C1. The predicted molar refractivity (Wildman–Crippen MR) is 68.4 cm³/mol. The van der Waals surface area contributed by atoms with Crippen LogP contribution in [0.5, 0.6) is 0 Å². The molecule has 0 amide bonds. The lowest BCUT2D eigenvalue weighted by Crippen LogP contribution is -2.11. The zero-order valence-corrected chi connectivity index (χ0v) is 12.0. The van der Waals surface area contributed by atoms with E-state index in [0.29, 0.717) is 11.7 Å². The quantitative estimate of drug-likeness (QED) is 0.718. The molecule has 0 bridgehead atoms. The van der Waals surface area contributed by atoms with Crippen LogP contribution in [0, 0.1) is 17.8 Å². The van der Waals surface area contributed by atoms with Gasteiger partial charge in [0.1, 0.15) is 0 Å². The Hall–Kier alpha value is 0.330. The van der Waals surface area contributed by atoms with Crippen LogP contribution in [-0.4, -0.2) is 5.78 Å². The number of carbonyl (C=O) groups is 1. The van der Waals surface area contributed by atoms with E-state index in [-0.39, 0.29) is 0 Å². The highest BCUT2D eigenvalue weighted by Crippen LogP contribution is 2.55. The highest BCUT2D eigenvalue weighted by atomic mass is 79.9. The lowest BCUT2D eigenvalue weighted by molar-refractivity contribution is 0.0918. The molecule has 2 fully saturated rings. The Morgan fingerprint density at radius 2 is 1.93 bits per heavy atom. The van der Waals surface area contributed by atoms with E-state index in [9.17, 15) is 4.79 Å². The molecular formula is C11H10Br2OS. The van der Waals surface area contributed by atoms with Gasteiger partial charge in [0.2, 0.25) is 0 Å². The summed E-state index contributed by atoms with van der Waals surface area (Å²) in [5.74, 6) is 2.41. The second-order valence-corrected chi connectivity index (χ2v) is 7.04. The number of rotatable bonds is 2. The highest BCUT2D eigenvalue weighted by Gasteiger charge is 2.48. The largest absolute Gasteiger partial charge is 0.293 e. The van der Waals surface area contributed by atoms with Crippen LogP contribution in [0.2, 0.25) is 0 Å². The average Bonchev–Trinajstić information content (AvgIpc) is 2.69. The van der Waals surface area contributed by atoms with Crippen molar-refractivity contribution in [1.29, 1.82) is 0 Å². The molecule has 0 radical (unpaired) electrons. The molecule has 1 nitrogen and oxygen atoms in total. The lowest BCUT2D eigenvalue weighted by Gasteiger charge is -2.08. The van der Waals surface area contributed by atoms with Crippen molar-refractivity contribution in [1.82, 2.24) is 0 Å². The molecule has 0 aliphatic heterocycles. The van der Waals surface area contributed by atoms with E-state index in [0.717, 1.165) is 38.5 Å². The number of Topliss-reactive ketones (excluding diaryl/α,β-unsaturated/α-hetero) is 1. The monoisotopic (exact) mass is 348 g/mol. The minimum atomic E-state index is 0.301. The molecule has 1 aromatic rings. The minimum Gasteiger partial charge on any atom is -0.293 e. The summed E-state index contributed by atoms with van der Waals surface area (Å²) in [5.41, 5.74) is 0. The minimum absolute atomic E-state index is 0.301. The van der Waals surface area contributed by atoms with E-state index >= 15 is 0 Å². The van der Waals surface area contributed by atoms with E-state index in [2.05, 4.69) is 31.9 Å². The summed E-state index contributed by atoms with van der Waals surface area (Å²) in [6.45, 7) is 0. The summed E-state index contributed by atoms with van der Waals surface area (Å²) in [7, 11) is 0. The number of ketones is 1. The van der Waals surface area contributed by atoms with Crippen LogP contribution in [0.1, 0.15) is 28.9 Å². The van der Waals surface area contributed by atoms with Crippen LogP contribution >= 0.6 is 43.2 Å². The molecular weight excluding hydrogens is 340 g/mol. The van der Waals surface area contributed by atoms with Gasteiger partial charge >= 0.3 is 0 Å². The Morgan fingerprint density at radius 1 is 1.27 bits per heavy atom. The van der Waals surface area contributed by atoms with Crippen molar-refractivity contribution in [2.45, 2.75) is 19.3 Å². The number of halogens is 2. The number of thiophene rings is 1. The highest BCUT2D eigenvalue weighted by molar-refractivity contribution is 9.13. The van der Waals surface area contributed by atoms with Crippen molar-refractivity contribution in [3.8, 4) is 0 Å². The number of carbonyl (C=O) groups excluding carboxylic acids is 1. The smallest absolute Gasteiger partial charge is 0.177 e. The van der Waals surface area contributed by atoms with Crippen LogP contribution in [0.15, 0.2) is 14.3 Å². The summed E-state index contributed by atoms with van der Waals surface area (Å²) in [4.78, 5) is 13.1. The van der Waals surface area contributed by atoms with Crippen molar-refractivity contribution in [3.63, 3.8) is 0 Å². The summed E-state index contributed by atoms with van der Waals surface area (Å²) in [5, 5.41) is 1.98. The second-order valence-electron chi connectivity index (χ2n) is 4.52. The van der Waals surface area contributed by atoms with E-state index < -0.39 is 0 Å². The summed E-state index contributed by atoms with van der Waals surface area (Å²) < 4.78 is 1.94. The standard InChI is InChI=1S/C11H10Br2OS/c12-8-4-15-11(9(8)13)10(14)7-2-5-1-6(5)3-7/h4-7H,1-3H2. The Bertz CT molecular complexity index is 416. The fraction of sp³-hybridized carbons (Fsp3) is 0.545. The summed E-state index contributed by atoms with van der Waals surface area (Å²) >= 11 is 8.44. The van der Waals surface area contributed by atoms with E-state index in [4.69, 9.17) is 0 Å². The molecule has 2 atom stereocenters. The van der Waals surface area contributed by atoms with Gasteiger partial charge in [-0.15, -0.1) is 11.3 Å². The molecule has 0 saturated heterocycles. The zero-order valence-electron chi connectivity index (χ0n) is 8.00. The van der Waals surface area contributed by atoms with Crippen molar-refractivity contribution in [2.24, 2.45) is 17.8 Å². The fourth-order valence-corrected chi connectivity index (χ4v) is 4.79. The van der Waals surface area contributed by atoms with E-state index in [1.54, 1.807) is 11.3 Å². The third-order valence-electron chi connectivity index (χ3n) is 3.53. The van der Waals surface area contributed by atoms with E-state index in [1.807, 2.05) is 5.38 Å². The summed E-state index contributed by atoms with van der Waals surface area (Å²) in [6.07, 6.45) is 3.63. The topological polar surface area (TPSA) is 17.1 Å². The molecule has 15 heavy (non-hydrogen) atoms. The molecule has 1 heterocycles. The van der Waals surface area contributed by atoms with E-state index in [1.165, 1.54) is 6.42 Å². The van der Waals surface area contributed by atoms with Gasteiger partial charge in [-0.05, 0) is 63.0 Å². The van der Waals surface area contributed by atoms with Crippen LogP contribution in [0.25, 0.3) is 0 Å². The van der Waals surface area contributed by atoms with Crippen LogP contribution < -0.4 is 0 Å². The van der Waals surface area contributed by atoms with Crippen molar-refractivity contribution in [2.75, 3.05) is 0 Å². The normalized spacial score (nSPS) is 32.8. The van der Waals surface area contributed by atoms with Gasteiger partial charge in [0.05, 0.1) is 9.35 Å². The van der Waals surface area contributed by atoms with Gasteiger partial charge in [0, 0.05) is 15.8 Å². The van der Waals surface area contributed by atoms with Crippen molar-refractivity contribution >= 4 is 49.0 Å². The fourth-order valence-electron chi connectivity index (χ4n) is 2.60. The molecule has 80 valence electrons. The molecule has 2 aliphatic carbocycles. The molecule has 0 spiro atoms. The zero-order chi connectivity index (χ0) is 10.6. The molecule has 1 aromatic heterocycles. The van der Waals surface area contributed by atoms with Crippen molar-refractivity contribution in [3.05, 3.63) is 19.2 Å². The Kier molecular flexibility index (Phi) is 2.57. The maximum Gasteiger partial charge on any atom is 0.177 e. The molecule has 4 heteroatoms. The first-order chi connectivity index (χ1) is 7.16. The van der Waals surface area contributed by atoms with Crippen LogP contribution in [0.3, 0.4) is 0 Å². The van der Waals surface area contributed by atoms with Crippen molar-refractivity contribution < 1.29 is 4.79 Å². The first-order valence-corrected chi connectivity index (χ1v) is 7.60. The van der Waals surface area contributed by atoms with Gasteiger partial charge in [-0.2, -0.15) is 0 Å². The van der Waals surface area contributed by atoms with Crippen LogP contribution in [0.4, 0.5) is 0 Å². The number of hydrogen-bond acceptors (Lipinski definition) is 2. The Balaban J connectivity index is 1.82. The molecule has 0 aromatic carbocycles. The maximum absolute atomic E-state index is 12.2. The molecule has 2 unspecified atom stereocenters. The molecule has 3 rings (SSSR count). The summed E-state index contributed by atoms with van der Waals surface area (Å²) in [6, 6.07) is 0. The third kappa shape index (κ3) is 1.75. The van der Waals surface area contributed by atoms with Gasteiger partial charge in [-0.25, -0.2) is 0 Å². The molecule has 2 saturated carbocycles. The lowest BCUT2D eigenvalue weighted by atomic mass is 9.97. The van der Waals surface area contributed by atoms with Gasteiger partial charge in [-0.1, -0.05) is 0 Å². The molecule has 0 N–H and O–H groups in total. The predicted octanol–water partition coefficient (Wildman–Crippen LogP) is 4.50. The Morgan fingerprint density at radius 3 is 2.47 bits per heavy atom. The average molecular weight is 350 g/mol.